The Morgan fingerprint density at radius 3 is 2.04 bits per heavy atom. The van der Waals surface area contributed by atoms with Crippen molar-refractivity contribution in [1.29, 1.82) is 0 Å². The van der Waals surface area contributed by atoms with Crippen LogP contribution < -0.4 is 9.62 Å². The summed E-state index contributed by atoms with van der Waals surface area (Å²) in [7, 11) is 4.36. The predicted octanol–water partition coefficient (Wildman–Crippen LogP) is 2.95. The molecule has 6 heteroatoms. The minimum absolute atomic E-state index is 0.0486. The SMILES string of the molecule is Cc1ccc(S(=O)(=O)NC[C@@H](c2ccc(N(C)C)cc2)N(C)C)cc1C. The molecule has 2 aromatic rings. The molecule has 1 atom stereocenters. The summed E-state index contributed by atoms with van der Waals surface area (Å²) in [5.41, 5.74) is 4.23. The second-order valence-corrected chi connectivity index (χ2v) is 8.83. The van der Waals surface area contributed by atoms with E-state index in [-0.39, 0.29) is 6.04 Å². The van der Waals surface area contributed by atoms with Crippen molar-refractivity contribution in [2.75, 3.05) is 39.6 Å². The molecule has 0 aromatic heterocycles. The van der Waals surface area contributed by atoms with Crippen LogP contribution in [0.2, 0.25) is 0 Å². The molecule has 0 saturated carbocycles. The van der Waals surface area contributed by atoms with Crippen LogP contribution in [0.5, 0.6) is 0 Å². The Bertz CT molecular complexity index is 844. The first kappa shape index (κ1) is 20.4. The lowest BCUT2D eigenvalue weighted by atomic mass is 10.1. The van der Waals surface area contributed by atoms with Gasteiger partial charge in [-0.25, -0.2) is 13.1 Å². The highest BCUT2D eigenvalue weighted by atomic mass is 32.2. The molecule has 26 heavy (non-hydrogen) atoms. The lowest BCUT2D eigenvalue weighted by molar-refractivity contribution is 0.299. The molecule has 0 aliphatic heterocycles. The number of rotatable bonds is 7. The summed E-state index contributed by atoms with van der Waals surface area (Å²) in [6.07, 6.45) is 0. The monoisotopic (exact) mass is 375 g/mol. The van der Waals surface area contributed by atoms with E-state index in [0.29, 0.717) is 11.4 Å². The second-order valence-electron chi connectivity index (χ2n) is 7.06. The van der Waals surface area contributed by atoms with Crippen LogP contribution in [0.15, 0.2) is 47.4 Å². The van der Waals surface area contributed by atoms with E-state index in [1.165, 1.54) is 0 Å². The summed E-state index contributed by atoms with van der Waals surface area (Å²) in [5, 5.41) is 0. The average Bonchev–Trinajstić information content (AvgIpc) is 2.57. The highest BCUT2D eigenvalue weighted by Crippen LogP contribution is 2.22. The summed E-state index contributed by atoms with van der Waals surface area (Å²) < 4.78 is 28.1. The Kier molecular flexibility index (Phi) is 6.44. The molecule has 0 heterocycles. The fourth-order valence-electron chi connectivity index (χ4n) is 2.75. The van der Waals surface area contributed by atoms with Crippen LogP contribution in [0.4, 0.5) is 5.69 Å². The van der Waals surface area contributed by atoms with Gasteiger partial charge in [-0.1, -0.05) is 18.2 Å². The van der Waals surface area contributed by atoms with Crippen LogP contribution in [-0.2, 0) is 10.0 Å². The first-order valence-electron chi connectivity index (χ1n) is 8.62. The molecule has 0 amide bonds. The maximum absolute atomic E-state index is 12.7. The molecule has 0 unspecified atom stereocenters. The molecule has 0 aliphatic carbocycles. The number of nitrogens with one attached hydrogen (secondary N) is 1. The van der Waals surface area contributed by atoms with E-state index in [2.05, 4.69) is 4.72 Å². The number of hydrogen-bond acceptors (Lipinski definition) is 4. The molecule has 0 radical (unpaired) electrons. The van der Waals surface area contributed by atoms with Gasteiger partial charge in [0.1, 0.15) is 0 Å². The average molecular weight is 376 g/mol. The van der Waals surface area contributed by atoms with Gasteiger partial charge >= 0.3 is 0 Å². The Morgan fingerprint density at radius 1 is 0.923 bits per heavy atom. The number of nitrogens with zero attached hydrogens (tertiary/aromatic N) is 2. The molecule has 142 valence electrons. The first-order valence-corrected chi connectivity index (χ1v) is 10.1. The predicted molar refractivity (Wildman–Crippen MR) is 108 cm³/mol. The van der Waals surface area contributed by atoms with E-state index in [1.807, 2.05) is 82.2 Å². The van der Waals surface area contributed by atoms with Crippen molar-refractivity contribution < 1.29 is 8.42 Å². The zero-order valence-corrected chi connectivity index (χ0v) is 17.3. The van der Waals surface area contributed by atoms with Crippen LogP contribution in [-0.4, -0.2) is 48.1 Å². The summed E-state index contributed by atoms with van der Waals surface area (Å²) in [4.78, 5) is 4.37. The molecule has 5 nitrogen and oxygen atoms in total. The normalized spacial score (nSPS) is 13.0. The highest BCUT2D eigenvalue weighted by molar-refractivity contribution is 7.89. The molecule has 2 aromatic carbocycles. The van der Waals surface area contributed by atoms with E-state index >= 15 is 0 Å². The minimum Gasteiger partial charge on any atom is -0.378 e. The van der Waals surface area contributed by atoms with Gasteiger partial charge < -0.3 is 9.80 Å². The van der Waals surface area contributed by atoms with Crippen molar-refractivity contribution in [1.82, 2.24) is 9.62 Å². The van der Waals surface area contributed by atoms with Crippen molar-refractivity contribution >= 4 is 15.7 Å². The van der Waals surface area contributed by atoms with Gasteiger partial charge in [0.15, 0.2) is 0 Å². The van der Waals surface area contributed by atoms with Crippen molar-refractivity contribution in [3.8, 4) is 0 Å². The van der Waals surface area contributed by atoms with Crippen molar-refractivity contribution in [2.24, 2.45) is 0 Å². The molecule has 0 aliphatic rings. The largest absolute Gasteiger partial charge is 0.378 e. The van der Waals surface area contributed by atoms with E-state index in [1.54, 1.807) is 12.1 Å². The second kappa shape index (κ2) is 8.20. The van der Waals surface area contributed by atoms with Crippen LogP contribution in [0.25, 0.3) is 0 Å². The maximum atomic E-state index is 12.7. The summed E-state index contributed by atoms with van der Waals surface area (Å²) in [6.45, 7) is 4.20. The third-order valence-electron chi connectivity index (χ3n) is 4.67. The smallest absolute Gasteiger partial charge is 0.240 e. The fraction of sp³-hybridized carbons (Fsp3) is 0.400. The molecule has 0 bridgehead atoms. The minimum atomic E-state index is -3.54. The van der Waals surface area contributed by atoms with Crippen LogP contribution in [0.3, 0.4) is 0 Å². The number of benzene rings is 2. The van der Waals surface area contributed by atoms with E-state index < -0.39 is 10.0 Å². The summed E-state index contributed by atoms with van der Waals surface area (Å²) >= 11 is 0. The van der Waals surface area contributed by atoms with Crippen LogP contribution >= 0.6 is 0 Å². The third kappa shape index (κ3) is 4.84. The van der Waals surface area contributed by atoms with Gasteiger partial charge in [-0.05, 0) is 68.9 Å². The van der Waals surface area contributed by atoms with Crippen LogP contribution in [0, 0.1) is 13.8 Å². The van der Waals surface area contributed by atoms with Gasteiger partial charge in [0.2, 0.25) is 10.0 Å². The van der Waals surface area contributed by atoms with Crippen LogP contribution in [0.1, 0.15) is 22.7 Å². The number of anilines is 1. The standard InChI is InChI=1S/C20H29N3O2S/c1-15-7-12-19(13-16(15)2)26(24,25)21-14-20(23(5)6)17-8-10-18(11-9-17)22(3)4/h7-13,20-21H,14H2,1-6H3/t20-/m0/s1. The molecule has 0 saturated heterocycles. The molecule has 1 N–H and O–H groups in total. The zero-order chi connectivity index (χ0) is 19.5. The van der Waals surface area contributed by atoms with Gasteiger partial charge in [-0.2, -0.15) is 0 Å². The van der Waals surface area contributed by atoms with E-state index in [0.717, 1.165) is 22.4 Å². The molecule has 0 spiro atoms. The van der Waals surface area contributed by atoms with Gasteiger partial charge in [-0.3, -0.25) is 0 Å². The van der Waals surface area contributed by atoms with Gasteiger partial charge in [0.05, 0.1) is 4.90 Å². The van der Waals surface area contributed by atoms with Crippen molar-refractivity contribution in [3.63, 3.8) is 0 Å². The molecule has 0 fully saturated rings. The fourth-order valence-corrected chi connectivity index (χ4v) is 3.87. The number of likely N-dealkylation sites (N-methyl/N-ethyl adjacent to an activating group) is 1. The van der Waals surface area contributed by atoms with Gasteiger partial charge in [0, 0.05) is 32.4 Å². The number of hydrogen-bond donors (Lipinski definition) is 1. The third-order valence-corrected chi connectivity index (χ3v) is 6.09. The zero-order valence-electron chi connectivity index (χ0n) is 16.4. The summed E-state index contributed by atoms with van der Waals surface area (Å²) in [6, 6.07) is 13.3. The Labute approximate surface area is 157 Å². The lowest BCUT2D eigenvalue weighted by Gasteiger charge is -2.26. The number of aryl methyl sites for hydroxylation is 2. The van der Waals surface area contributed by atoms with E-state index in [9.17, 15) is 8.42 Å². The molecular formula is C20H29N3O2S. The molecule has 2 rings (SSSR count). The van der Waals surface area contributed by atoms with Gasteiger partial charge in [-0.15, -0.1) is 0 Å². The maximum Gasteiger partial charge on any atom is 0.240 e. The molecular weight excluding hydrogens is 346 g/mol. The Balaban J connectivity index is 2.18. The number of sulfonamides is 1. The summed E-state index contributed by atoms with van der Waals surface area (Å²) in [5.74, 6) is 0. The quantitative estimate of drug-likeness (QED) is 0.808. The lowest BCUT2D eigenvalue weighted by Crippen LogP contribution is -2.34. The van der Waals surface area contributed by atoms with E-state index in [4.69, 9.17) is 0 Å². The Morgan fingerprint density at radius 2 is 1.54 bits per heavy atom. The highest BCUT2D eigenvalue weighted by Gasteiger charge is 2.20. The Hall–Kier alpha value is -1.89. The topological polar surface area (TPSA) is 52.7 Å². The first-order chi connectivity index (χ1) is 12.1. The van der Waals surface area contributed by atoms with Crippen molar-refractivity contribution in [2.45, 2.75) is 24.8 Å². The van der Waals surface area contributed by atoms with Crippen molar-refractivity contribution in [3.05, 3.63) is 59.2 Å². The van der Waals surface area contributed by atoms with Gasteiger partial charge in [0.25, 0.3) is 0 Å².